The minimum Gasteiger partial charge on any atom is -0.378 e. The molecule has 9 heteroatoms. The van der Waals surface area contributed by atoms with Crippen LogP contribution < -0.4 is 9.80 Å². The van der Waals surface area contributed by atoms with Gasteiger partial charge in [-0.05, 0) is 54.1 Å². The molecule has 164 valence electrons. The number of amides is 1. The molecule has 2 aromatic carbocycles. The number of pyridine rings is 1. The summed E-state index contributed by atoms with van der Waals surface area (Å²) < 4.78 is 24.6. The molecule has 2 aromatic heterocycles. The van der Waals surface area contributed by atoms with Gasteiger partial charge in [-0.1, -0.05) is 17.4 Å². The van der Waals surface area contributed by atoms with E-state index in [2.05, 4.69) is 9.97 Å². The van der Waals surface area contributed by atoms with Gasteiger partial charge in [-0.3, -0.25) is 14.7 Å². The van der Waals surface area contributed by atoms with E-state index in [1.165, 1.54) is 23.7 Å². The number of aromatic nitrogens is 2. The molecule has 0 fully saturated rings. The van der Waals surface area contributed by atoms with Crippen molar-refractivity contribution in [3.63, 3.8) is 0 Å². The molecular weight excluding hydrogens is 444 g/mol. The van der Waals surface area contributed by atoms with E-state index in [0.717, 1.165) is 11.3 Å². The molecule has 32 heavy (non-hydrogen) atoms. The maximum absolute atomic E-state index is 13.5. The van der Waals surface area contributed by atoms with Gasteiger partial charge in [0.25, 0.3) is 5.91 Å². The summed E-state index contributed by atoms with van der Waals surface area (Å²) in [5, 5.41) is 0.496. The van der Waals surface area contributed by atoms with E-state index in [-0.39, 0.29) is 10.8 Å². The Morgan fingerprint density at radius 3 is 2.44 bits per heavy atom. The lowest BCUT2D eigenvalue weighted by Crippen LogP contribution is -2.30. The van der Waals surface area contributed by atoms with Crippen LogP contribution in [0.2, 0.25) is 0 Å². The fourth-order valence-electron chi connectivity index (χ4n) is 3.20. The van der Waals surface area contributed by atoms with Gasteiger partial charge in [-0.2, -0.15) is 0 Å². The maximum atomic E-state index is 13.5. The lowest BCUT2D eigenvalue weighted by molar-refractivity contribution is 0.0985. The Morgan fingerprint density at radius 2 is 1.81 bits per heavy atom. The smallest absolute Gasteiger partial charge is 0.260 e. The molecule has 7 nitrogen and oxygen atoms in total. The van der Waals surface area contributed by atoms with Crippen LogP contribution in [0.1, 0.15) is 15.9 Å². The number of thiazole rings is 1. The molecule has 0 aliphatic carbocycles. The first-order chi connectivity index (χ1) is 15.2. The highest BCUT2D eigenvalue weighted by Gasteiger charge is 2.22. The van der Waals surface area contributed by atoms with Gasteiger partial charge in [0, 0.05) is 44.0 Å². The van der Waals surface area contributed by atoms with Gasteiger partial charge in [0.15, 0.2) is 15.0 Å². The Labute approximate surface area is 190 Å². The van der Waals surface area contributed by atoms with Gasteiger partial charge in [-0.25, -0.2) is 13.4 Å². The zero-order chi connectivity index (χ0) is 22.9. The topological polar surface area (TPSA) is 83.5 Å². The second-order valence-corrected chi connectivity index (χ2v) is 10.6. The number of fused-ring (bicyclic) bond motifs is 1. The summed E-state index contributed by atoms with van der Waals surface area (Å²) >= 11 is 1.29. The van der Waals surface area contributed by atoms with Crippen LogP contribution >= 0.6 is 11.3 Å². The molecule has 4 rings (SSSR count). The van der Waals surface area contributed by atoms with Crippen LogP contribution in [0.25, 0.3) is 10.2 Å². The lowest BCUT2D eigenvalue weighted by Gasteiger charge is -2.20. The van der Waals surface area contributed by atoms with Crippen LogP contribution in [0.5, 0.6) is 0 Å². The normalized spacial score (nSPS) is 11.5. The number of nitrogens with zero attached hydrogens (tertiary/aromatic N) is 4. The quantitative estimate of drug-likeness (QED) is 0.427. The summed E-state index contributed by atoms with van der Waals surface area (Å²) in [5.74, 6) is -0.193. The molecule has 0 aliphatic heterocycles. The van der Waals surface area contributed by atoms with Crippen molar-refractivity contribution in [1.29, 1.82) is 0 Å². The van der Waals surface area contributed by atoms with Crippen LogP contribution in [0.3, 0.4) is 0 Å². The van der Waals surface area contributed by atoms with E-state index in [4.69, 9.17) is 0 Å². The Balaban J connectivity index is 1.76. The van der Waals surface area contributed by atoms with Crippen molar-refractivity contribution in [2.24, 2.45) is 0 Å². The van der Waals surface area contributed by atoms with Gasteiger partial charge < -0.3 is 4.90 Å². The number of carbonyl (C=O) groups is 1. The molecule has 0 N–H and O–H groups in total. The average Bonchev–Trinajstić information content (AvgIpc) is 3.20. The minimum absolute atomic E-state index is 0.193. The molecule has 0 atom stereocenters. The van der Waals surface area contributed by atoms with E-state index >= 15 is 0 Å². The second kappa shape index (κ2) is 8.68. The first-order valence-corrected chi connectivity index (χ1v) is 12.5. The molecule has 1 amide bonds. The number of benzene rings is 2. The fraction of sp³-hybridized carbons (Fsp3) is 0.174. The lowest BCUT2D eigenvalue weighted by atomic mass is 10.1. The largest absolute Gasteiger partial charge is 0.378 e. The monoisotopic (exact) mass is 466 g/mol. The predicted molar refractivity (Wildman–Crippen MR) is 128 cm³/mol. The zero-order valence-corrected chi connectivity index (χ0v) is 19.5. The minimum atomic E-state index is -3.34. The number of hydrogen-bond acceptors (Lipinski definition) is 7. The second-order valence-electron chi connectivity index (χ2n) is 7.59. The molecule has 0 unspecified atom stereocenters. The molecule has 0 aliphatic rings. The van der Waals surface area contributed by atoms with Gasteiger partial charge in [-0.15, -0.1) is 0 Å². The first kappa shape index (κ1) is 21.9. The molecule has 4 aromatic rings. The van der Waals surface area contributed by atoms with Crippen molar-refractivity contribution in [3.05, 3.63) is 78.1 Å². The van der Waals surface area contributed by atoms with Crippen LogP contribution in [0.4, 0.5) is 10.8 Å². The first-order valence-electron chi connectivity index (χ1n) is 9.81. The average molecular weight is 467 g/mol. The van der Waals surface area contributed by atoms with Crippen LogP contribution in [-0.2, 0) is 16.4 Å². The van der Waals surface area contributed by atoms with E-state index in [1.54, 1.807) is 41.6 Å². The van der Waals surface area contributed by atoms with Gasteiger partial charge in [0.1, 0.15) is 0 Å². The highest BCUT2D eigenvalue weighted by molar-refractivity contribution is 7.90. The Bertz CT molecular complexity index is 1370. The molecule has 0 spiro atoms. The Morgan fingerprint density at radius 1 is 1.06 bits per heavy atom. The molecule has 0 saturated heterocycles. The van der Waals surface area contributed by atoms with E-state index in [1.807, 2.05) is 43.3 Å². The van der Waals surface area contributed by atoms with Crippen molar-refractivity contribution in [2.45, 2.75) is 11.4 Å². The SMILES string of the molecule is CN(C)c1ccc(C(=O)N(Cc2cccnc2)c2nc3ccc(S(C)(=O)=O)cc3s2)cc1. The van der Waals surface area contributed by atoms with E-state index < -0.39 is 9.84 Å². The standard InChI is InChI=1S/C23H22N4O3S2/c1-26(2)18-8-6-17(7-9-18)22(28)27(15-16-5-4-12-24-14-16)23-25-20-11-10-19(32(3,29)30)13-21(20)31-23/h4-14H,15H2,1-3H3. The van der Waals surface area contributed by atoms with E-state index in [9.17, 15) is 13.2 Å². The number of carbonyl (C=O) groups excluding carboxylic acids is 1. The molecule has 0 bridgehead atoms. The number of hydrogen-bond donors (Lipinski definition) is 0. The summed E-state index contributed by atoms with van der Waals surface area (Å²) in [6.07, 6.45) is 4.57. The van der Waals surface area contributed by atoms with Gasteiger partial charge in [0.2, 0.25) is 0 Å². The van der Waals surface area contributed by atoms with Crippen LogP contribution in [0.15, 0.2) is 71.9 Å². The summed E-state index contributed by atoms with van der Waals surface area (Å²) in [6.45, 7) is 0.293. The summed E-state index contributed by atoms with van der Waals surface area (Å²) in [4.78, 5) is 26.1. The Hall–Kier alpha value is -3.30. The van der Waals surface area contributed by atoms with Gasteiger partial charge in [0.05, 0.1) is 21.7 Å². The van der Waals surface area contributed by atoms with Crippen molar-refractivity contribution >= 4 is 48.1 Å². The number of rotatable bonds is 6. The zero-order valence-electron chi connectivity index (χ0n) is 17.9. The number of anilines is 2. The molecule has 2 heterocycles. The van der Waals surface area contributed by atoms with Crippen LogP contribution in [-0.4, -0.2) is 44.6 Å². The highest BCUT2D eigenvalue weighted by atomic mass is 32.2. The predicted octanol–water partition coefficient (Wildman–Crippen LogP) is 4.01. The van der Waals surface area contributed by atoms with Crippen molar-refractivity contribution in [3.8, 4) is 0 Å². The third kappa shape index (κ3) is 4.63. The van der Waals surface area contributed by atoms with Crippen molar-refractivity contribution in [2.75, 3.05) is 30.2 Å². The van der Waals surface area contributed by atoms with Crippen LogP contribution in [0, 0.1) is 0 Å². The van der Waals surface area contributed by atoms with Gasteiger partial charge >= 0.3 is 0 Å². The highest BCUT2D eigenvalue weighted by Crippen LogP contribution is 2.32. The van der Waals surface area contributed by atoms with Crippen molar-refractivity contribution < 1.29 is 13.2 Å². The fourth-order valence-corrected chi connectivity index (χ4v) is 4.92. The number of sulfone groups is 1. The summed E-state index contributed by atoms with van der Waals surface area (Å²) in [7, 11) is 0.546. The third-order valence-electron chi connectivity index (χ3n) is 4.95. The maximum Gasteiger partial charge on any atom is 0.260 e. The Kier molecular flexibility index (Phi) is 5.94. The summed E-state index contributed by atoms with van der Waals surface area (Å²) in [6, 6.07) is 15.9. The third-order valence-corrected chi connectivity index (χ3v) is 7.10. The van der Waals surface area contributed by atoms with E-state index in [0.29, 0.717) is 27.5 Å². The molecular formula is C23H22N4O3S2. The molecule has 0 radical (unpaired) electrons. The van der Waals surface area contributed by atoms with Crippen molar-refractivity contribution in [1.82, 2.24) is 9.97 Å². The molecule has 0 saturated carbocycles. The summed E-state index contributed by atoms with van der Waals surface area (Å²) in [5.41, 5.74) is 3.04.